The second kappa shape index (κ2) is 9.76. The number of halogens is 4. The van der Waals surface area contributed by atoms with Crippen LogP contribution in [0.5, 0.6) is 5.75 Å². The molecule has 0 spiro atoms. The van der Waals surface area contributed by atoms with Crippen LogP contribution in [-0.2, 0) is 16.1 Å². The lowest BCUT2D eigenvalue weighted by Crippen LogP contribution is -2.46. The van der Waals surface area contributed by atoms with Gasteiger partial charge in [-0.15, -0.1) is 0 Å². The van der Waals surface area contributed by atoms with Crippen molar-refractivity contribution in [1.82, 2.24) is 10.2 Å². The van der Waals surface area contributed by atoms with Crippen molar-refractivity contribution in [2.24, 2.45) is 5.92 Å². The fourth-order valence-electron chi connectivity index (χ4n) is 2.98. The minimum Gasteiger partial charge on any atom is -0.484 e. The molecule has 0 saturated carbocycles. The monoisotopic (exact) mass is 450 g/mol. The van der Waals surface area contributed by atoms with Gasteiger partial charge in [-0.2, -0.15) is 13.2 Å². The first kappa shape index (κ1) is 24.1. The van der Waals surface area contributed by atoms with Gasteiger partial charge in [-0.25, -0.2) is 4.79 Å². The maximum absolute atomic E-state index is 12.6. The Balaban J connectivity index is 1.96. The van der Waals surface area contributed by atoms with Gasteiger partial charge < -0.3 is 19.7 Å². The normalized spacial score (nSPS) is 17.4. The Labute approximate surface area is 178 Å². The van der Waals surface area contributed by atoms with Crippen LogP contribution < -0.4 is 10.1 Å². The molecule has 1 N–H and O–H groups in total. The van der Waals surface area contributed by atoms with Crippen molar-refractivity contribution >= 4 is 23.6 Å². The third kappa shape index (κ3) is 7.93. The summed E-state index contributed by atoms with van der Waals surface area (Å²) in [6.07, 6.45) is -3.71. The van der Waals surface area contributed by atoms with Crippen molar-refractivity contribution in [3.8, 4) is 5.75 Å². The molecule has 0 bridgehead atoms. The minimum absolute atomic E-state index is 0.0217. The van der Waals surface area contributed by atoms with E-state index in [1.165, 1.54) is 23.1 Å². The van der Waals surface area contributed by atoms with Crippen molar-refractivity contribution < 1.29 is 32.2 Å². The van der Waals surface area contributed by atoms with E-state index in [4.69, 9.17) is 21.1 Å². The number of benzene rings is 1. The zero-order chi connectivity index (χ0) is 22.5. The van der Waals surface area contributed by atoms with Gasteiger partial charge >= 0.3 is 12.3 Å². The van der Waals surface area contributed by atoms with E-state index in [-0.39, 0.29) is 29.8 Å². The Morgan fingerprint density at radius 3 is 2.60 bits per heavy atom. The number of rotatable bonds is 5. The summed E-state index contributed by atoms with van der Waals surface area (Å²) < 4.78 is 47.6. The maximum atomic E-state index is 12.6. The van der Waals surface area contributed by atoms with Gasteiger partial charge in [-0.1, -0.05) is 17.7 Å². The Morgan fingerprint density at radius 1 is 1.27 bits per heavy atom. The van der Waals surface area contributed by atoms with Crippen molar-refractivity contribution in [2.75, 3.05) is 19.7 Å². The zero-order valence-electron chi connectivity index (χ0n) is 17.1. The van der Waals surface area contributed by atoms with Gasteiger partial charge in [-0.05, 0) is 45.7 Å². The molecule has 0 unspecified atom stereocenters. The molecule has 1 fully saturated rings. The summed E-state index contributed by atoms with van der Waals surface area (Å²) >= 11 is 5.84. The third-order valence-corrected chi connectivity index (χ3v) is 4.55. The molecule has 0 aromatic heterocycles. The Hall–Kier alpha value is -2.16. The first-order valence-corrected chi connectivity index (χ1v) is 9.95. The molecule has 1 aromatic rings. The van der Waals surface area contributed by atoms with E-state index >= 15 is 0 Å². The molecular formula is C20H26ClF3N2O4. The molecule has 30 heavy (non-hydrogen) atoms. The summed E-state index contributed by atoms with van der Waals surface area (Å²) in [5, 5.41) is 2.94. The van der Waals surface area contributed by atoms with Crippen LogP contribution in [-0.4, -0.2) is 48.4 Å². The number of nitrogens with one attached hydrogen (secondary N) is 1. The molecule has 0 aliphatic carbocycles. The van der Waals surface area contributed by atoms with Crippen LogP contribution in [0.4, 0.5) is 18.0 Å². The van der Waals surface area contributed by atoms with E-state index < -0.39 is 30.4 Å². The SMILES string of the molecule is CC(C)(C)OC(=O)N1CCC[C@@H](C(=O)NCc2ccc(Cl)cc2OCC(F)(F)F)C1. The van der Waals surface area contributed by atoms with E-state index in [0.717, 1.165) is 0 Å². The Bertz CT molecular complexity index is 765. The quantitative estimate of drug-likeness (QED) is 0.715. The van der Waals surface area contributed by atoms with Crippen LogP contribution in [0.1, 0.15) is 39.2 Å². The molecule has 0 radical (unpaired) electrons. The summed E-state index contributed by atoms with van der Waals surface area (Å²) in [7, 11) is 0. The zero-order valence-corrected chi connectivity index (χ0v) is 17.9. The molecule has 1 aliphatic heterocycles. The summed E-state index contributed by atoms with van der Waals surface area (Å²) in [4.78, 5) is 26.3. The van der Waals surface area contributed by atoms with Crippen molar-refractivity contribution in [3.05, 3.63) is 28.8 Å². The van der Waals surface area contributed by atoms with Gasteiger partial charge in [-0.3, -0.25) is 4.79 Å². The van der Waals surface area contributed by atoms with Crippen LogP contribution in [0.25, 0.3) is 0 Å². The molecule has 1 aromatic carbocycles. The number of carbonyl (C=O) groups excluding carboxylic acids is 2. The lowest BCUT2D eigenvalue weighted by Gasteiger charge is -2.33. The number of alkyl halides is 3. The van der Waals surface area contributed by atoms with Crippen LogP contribution >= 0.6 is 11.6 Å². The van der Waals surface area contributed by atoms with Gasteiger partial charge in [0.05, 0.1) is 5.92 Å². The summed E-state index contributed by atoms with van der Waals surface area (Å²) in [6, 6.07) is 4.29. The van der Waals surface area contributed by atoms with Crippen LogP contribution in [0.3, 0.4) is 0 Å². The second-order valence-corrected chi connectivity index (χ2v) is 8.58. The summed E-state index contributed by atoms with van der Waals surface area (Å²) in [5.41, 5.74) is -0.259. The van der Waals surface area contributed by atoms with Crippen molar-refractivity contribution in [3.63, 3.8) is 0 Å². The number of hydrogen-bond acceptors (Lipinski definition) is 4. The fraction of sp³-hybridized carbons (Fsp3) is 0.600. The molecule has 168 valence electrons. The average molecular weight is 451 g/mol. The molecule has 1 aliphatic rings. The van der Waals surface area contributed by atoms with Gasteiger partial charge in [0.25, 0.3) is 0 Å². The highest BCUT2D eigenvalue weighted by atomic mass is 35.5. The van der Waals surface area contributed by atoms with Crippen molar-refractivity contribution in [1.29, 1.82) is 0 Å². The maximum Gasteiger partial charge on any atom is 0.422 e. The molecule has 2 amide bonds. The first-order chi connectivity index (χ1) is 13.8. The number of ether oxygens (including phenoxy) is 2. The lowest BCUT2D eigenvalue weighted by atomic mass is 9.97. The predicted octanol–water partition coefficient (Wildman–Crippen LogP) is 4.54. The number of likely N-dealkylation sites (tertiary alicyclic amines) is 1. The van der Waals surface area contributed by atoms with Gasteiger partial charge in [0.2, 0.25) is 5.91 Å². The molecule has 6 nitrogen and oxygen atoms in total. The molecular weight excluding hydrogens is 425 g/mol. The highest BCUT2D eigenvalue weighted by Gasteiger charge is 2.31. The van der Waals surface area contributed by atoms with Crippen LogP contribution in [0.15, 0.2) is 18.2 Å². The second-order valence-electron chi connectivity index (χ2n) is 8.14. The first-order valence-electron chi connectivity index (χ1n) is 9.58. The van der Waals surface area contributed by atoms with E-state index in [0.29, 0.717) is 24.9 Å². The summed E-state index contributed by atoms with van der Waals surface area (Å²) in [6.45, 7) is 4.55. The fourth-order valence-corrected chi connectivity index (χ4v) is 3.14. The minimum atomic E-state index is -4.49. The molecule has 1 saturated heterocycles. The van der Waals surface area contributed by atoms with E-state index in [9.17, 15) is 22.8 Å². The molecule has 2 rings (SSSR count). The van der Waals surface area contributed by atoms with E-state index in [1.807, 2.05) is 0 Å². The number of piperidine rings is 1. The van der Waals surface area contributed by atoms with Gasteiger partial charge in [0.15, 0.2) is 6.61 Å². The molecule has 10 heteroatoms. The smallest absolute Gasteiger partial charge is 0.422 e. The van der Waals surface area contributed by atoms with E-state index in [2.05, 4.69) is 5.32 Å². The third-order valence-electron chi connectivity index (χ3n) is 4.32. The summed E-state index contributed by atoms with van der Waals surface area (Å²) in [5.74, 6) is -0.766. The highest BCUT2D eigenvalue weighted by molar-refractivity contribution is 6.30. The lowest BCUT2D eigenvalue weighted by molar-refractivity contribution is -0.153. The topological polar surface area (TPSA) is 67.9 Å². The van der Waals surface area contributed by atoms with E-state index in [1.54, 1.807) is 20.8 Å². The number of carbonyl (C=O) groups is 2. The highest BCUT2D eigenvalue weighted by Crippen LogP contribution is 2.26. The Morgan fingerprint density at radius 2 is 1.97 bits per heavy atom. The average Bonchev–Trinajstić information content (AvgIpc) is 2.63. The number of amides is 2. The van der Waals surface area contributed by atoms with Gasteiger partial charge in [0, 0.05) is 30.2 Å². The standard InChI is InChI=1S/C20H26ClF3N2O4/c1-19(2,3)30-18(28)26-8-4-5-14(11-26)17(27)25-10-13-6-7-15(21)9-16(13)29-12-20(22,23)24/h6-7,9,14H,4-5,8,10-12H2,1-3H3,(H,25,27)/t14-/m1/s1. The Kier molecular flexibility index (Phi) is 7.85. The predicted molar refractivity (Wildman–Crippen MR) is 105 cm³/mol. The number of nitrogens with zero attached hydrogens (tertiary/aromatic N) is 1. The van der Waals surface area contributed by atoms with Gasteiger partial charge in [0.1, 0.15) is 11.4 Å². The number of hydrogen-bond donors (Lipinski definition) is 1. The van der Waals surface area contributed by atoms with Crippen LogP contribution in [0.2, 0.25) is 5.02 Å². The molecule has 1 atom stereocenters. The van der Waals surface area contributed by atoms with Crippen LogP contribution in [0, 0.1) is 5.92 Å². The largest absolute Gasteiger partial charge is 0.484 e. The van der Waals surface area contributed by atoms with Crippen molar-refractivity contribution in [2.45, 2.75) is 51.9 Å². The molecule has 1 heterocycles.